The van der Waals surface area contributed by atoms with Gasteiger partial charge in [-0.25, -0.2) is 29.1 Å². The lowest BCUT2D eigenvalue weighted by molar-refractivity contribution is -0.170. The van der Waals surface area contributed by atoms with Gasteiger partial charge in [0.2, 0.25) is 11.9 Å². The number of ether oxygens (including phenoxy) is 3. The van der Waals surface area contributed by atoms with E-state index in [4.69, 9.17) is 27.1 Å². The highest BCUT2D eigenvalue weighted by molar-refractivity contribution is 6.01. The predicted octanol–water partition coefficient (Wildman–Crippen LogP) is 9.00. The number of aliphatic carboxylic acids is 1. The van der Waals surface area contributed by atoms with Crippen LogP contribution in [0.1, 0.15) is 92.7 Å². The minimum atomic E-state index is -5.25. The normalized spacial score (nSPS) is 13.6. The zero-order valence-corrected chi connectivity index (χ0v) is 48.8. The number of anilines is 6. The highest BCUT2D eigenvalue weighted by atomic mass is 19.4. The first-order valence-electron chi connectivity index (χ1n) is 27.6. The smallest absolute Gasteiger partial charge is 0.471 e. The number of rotatable bonds is 22. The fourth-order valence-corrected chi connectivity index (χ4v) is 8.76. The molecule has 4 aromatic rings. The van der Waals surface area contributed by atoms with Crippen LogP contribution in [0.4, 0.5) is 70.8 Å². The number of terminal acetylenes is 2. The van der Waals surface area contributed by atoms with Gasteiger partial charge in [-0.2, -0.15) is 36.3 Å². The molecule has 4 heterocycles. The Morgan fingerprint density at radius 3 is 1.26 bits per heavy atom. The van der Waals surface area contributed by atoms with Crippen LogP contribution in [0.5, 0.6) is 11.5 Å². The summed E-state index contributed by atoms with van der Waals surface area (Å²) in [5, 5.41) is 15.5. The van der Waals surface area contributed by atoms with Crippen molar-refractivity contribution in [3.8, 4) is 36.2 Å². The molecule has 87 heavy (non-hydrogen) atoms. The molecule has 0 saturated carbocycles. The molecule has 2 atom stereocenters. The van der Waals surface area contributed by atoms with E-state index in [9.17, 15) is 60.2 Å². The zero-order chi connectivity index (χ0) is 63.5. The van der Waals surface area contributed by atoms with Gasteiger partial charge in [-0.1, -0.05) is 43.5 Å². The lowest BCUT2D eigenvalue weighted by Gasteiger charge is -2.28. The van der Waals surface area contributed by atoms with E-state index in [1.54, 1.807) is 76.8 Å². The second-order valence-corrected chi connectivity index (χ2v) is 20.4. The van der Waals surface area contributed by atoms with Gasteiger partial charge in [-0.15, -0.1) is 12.8 Å². The molecular weight excluding hydrogens is 1150 g/mol. The van der Waals surface area contributed by atoms with Gasteiger partial charge in [-0.3, -0.25) is 19.4 Å². The summed E-state index contributed by atoms with van der Waals surface area (Å²) in [6.45, 7) is 15.3. The molecule has 28 heteroatoms. The largest absolute Gasteiger partial charge is 0.480 e. The molecule has 0 aliphatic carbocycles. The summed E-state index contributed by atoms with van der Waals surface area (Å²) in [7, 11) is 0. The van der Waals surface area contributed by atoms with E-state index < -0.39 is 84.8 Å². The quantitative estimate of drug-likeness (QED) is 0.0377. The maximum atomic E-state index is 13.6. The number of esters is 1. The number of carbonyl (C=O) groups is 6. The first-order chi connectivity index (χ1) is 40.6. The highest BCUT2D eigenvalue weighted by Crippen LogP contribution is 2.33. The Morgan fingerprint density at radius 2 is 0.954 bits per heavy atom. The molecule has 2 aliphatic heterocycles. The predicted molar refractivity (Wildman–Crippen MR) is 315 cm³/mol. The third kappa shape index (κ3) is 20.3. The number of nitrogens with zero attached hydrogens (tertiary/aromatic N) is 10. The molecule has 2 fully saturated rings. The van der Waals surface area contributed by atoms with E-state index in [-0.39, 0.29) is 60.1 Å². The number of benzene rings is 2. The average molecular weight is 1230 g/mol. The second-order valence-electron chi connectivity index (χ2n) is 20.4. The summed E-state index contributed by atoms with van der Waals surface area (Å²) in [5.41, 5.74) is -0.531. The van der Waals surface area contributed by atoms with Gasteiger partial charge in [0.05, 0.1) is 25.5 Å². The van der Waals surface area contributed by atoms with Crippen LogP contribution >= 0.6 is 0 Å². The molecule has 2 aromatic heterocycles. The number of carboxylic acid groups (broad SMARTS) is 1. The number of halogens is 6. The number of hydrogen-bond acceptors (Lipinski definition) is 17. The van der Waals surface area contributed by atoms with Gasteiger partial charge in [0.25, 0.3) is 0 Å². The van der Waals surface area contributed by atoms with Crippen molar-refractivity contribution in [2.24, 2.45) is 0 Å². The number of nitrogens with one attached hydrogen (secondary N) is 2. The van der Waals surface area contributed by atoms with Crippen molar-refractivity contribution >= 4 is 70.8 Å². The lowest BCUT2D eigenvalue weighted by atomic mass is 10.0. The van der Waals surface area contributed by atoms with E-state index in [1.807, 2.05) is 33.6 Å². The van der Waals surface area contributed by atoms with E-state index in [0.717, 1.165) is 38.1 Å². The number of carboxylic acids is 1. The minimum absolute atomic E-state index is 0. The van der Waals surface area contributed by atoms with Crippen molar-refractivity contribution in [3.05, 3.63) is 72.1 Å². The molecule has 0 radical (unpaired) electrons. The Morgan fingerprint density at radius 1 is 0.609 bits per heavy atom. The van der Waals surface area contributed by atoms with Crippen molar-refractivity contribution in [1.82, 2.24) is 29.7 Å². The lowest BCUT2D eigenvalue weighted by Crippen LogP contribution is -2.43. The Balaban J connectivity index is 0.000000370. The van der Waals surface area contributed by atoms with Crippen LogP contribution in [-0.2, 0) is 36.8 Å². The zero-order valence-electron chi connectivity index (χ0n) is 48.8. The molecule has 6 rings (SSSR count). The molecule has 0 unspecified atom stereocenters. The van der Waals surface area contributed by atoms with Crippen molar-refractivity contribution in [1.29, 1.82) is 0 Å². The summed E-state index contributed by atoms with van der Waals surface area (Å²) in [6, 6.07) is 10.1. The van der Waals surface area contributed by atoms with E-state index in [1.165, 1.54) is 12.1 Å². The maximum Gasteiger partial charge on any atom is 0.471 e. The fourth-order valence-electron chi connectivity index (χ4n) is 8.76. The topological polar surface area (TPSA) is 245 Å². The SMILES string of the molecule is C.C#CCN(C(=O)C(F)(F)F)c1cnc(N(CC)CC)nc1N[C@@H](Cc1ccc(OC(=O)N2CCCC2)cc1)C(=O)O.C#CCN(C(=O)C(F)(F)F)c1cnc(N(CC)CC)nc1N[C@@H](Cc1ccc(OC(=O)N2CCCC2)cc1)C(=O)OC(C)(C)C. The van der Waals surface area contributed by atoms with Crippen molar-refractivity contribution in [2.45, 2.75) is 124 Å². The number of hydrogen-bond donors (Lipinski definition) is 3. The van der Waals surface area contributed by atoms with Crippen LogP contribution < -0.4 is 39.7 Å². The van der Waals surface area contributed by atoms with Crippen molar-refractivity contribution in [2.75, 3.05) is 95.7 Å². The summed E-state index contributed by atoms with van der Waals surface area (Å²) < 4.78 is 97.3. The molecule has 4 amide bonds. The molecule has 2 aliphatic rings. The van der Waals surface area contributed by atoms with Crippen LogP contribution in [0.3, 0.4) is 0 Å². The summed E-state index contributed by atoms with van der Waals surface area (Å²) in [5.74, 6) is -2.06. The van der Waals surface area contributed by atoms with E-state index in [2.05, 4.69) is 36.5 Å². The van der Waals surface area contributed by atoms with Crippen molar-refractivity contribution < 1.29 is 74.4 Å². The second kappa shape index (κ2) is 31.9. The number of alkyl halides is 6. The van der Waals surface area contributed by atoms with Gasteiger partial charge in [-0.05, 0) is 110 Å². The van der Waals surface area contributed by atoms with Crippen LogP contribution in [0, 0.1) is 24.7 Å². The summed E-state index contributed by atoms with van der Waals surface area (Å²) in [4.78, 5) is 99.1. The number of likely N-dealkylation sites (tertiary alicyclic amines) is 2. The third-order valence-corrected chi connectivity index (χ3v) is 13.1. The fraction of sp³-hybridized carbons (Fsp3) is 0.492. The molecular formula is C59H74F6N12O10. The molecule has 22 nitrogen and oxygen atoms in total. The van der Waals surface area contributed by atoms with Gasteiger partial charge in [0.1, 0.15) is 40.6 Å². The number of carbonyl (C=O) groups excluding carboxylic acids is 5. The van der Waals surface area contributed by atoms with E-state index >= 15 is 0 Å². The van der Waals surface area contributed by atoms with Gasteiger partial charge in [0, 0.05) is 65.2 Å². The molecule has 3 N–H and O–H groups in total. The first-order valence-corrected chi connectivity index (χ1v) is 27.6. The van der Waals surface area contributed by atoms with Crippen LogP contribution in [0.15, 0.2) is 60.9 Å². The van der Waals surface area contributed by atoms with E-state index in [0.29, 0.717) is 74.1 Å². The van der Waals surface area contributed by atoms with Gasteiger partial charge < -0.3 is 49.6 Å². The van der Waals surface area contributed by atoms with Gasteiger partial charge in [0.15, 0.2) is 11.6 Å². The van der Waals surface area contributed by atoms with Crippen LogP contribution in [0.2, 0.25) is 0 Å². The van der Waals surface area contributed by atoms with Gasteiger partial charge >= 0.3 is 48.3 Å². The summed E-state index contributed by atoms with van der Waals surface area (Å²) in [6.07, 6.45) is 4.78. The summed E-state index contributed by atoms with van der Waals surface area (Å²) >= 11 is 0. The Hall–Kier alpha value is -9.08. The maximum absolute atomic E-state index is 13.6. The Bertz CT molecular complexity index is 3060. The third-order valence-electron chi connectivity index (χ3n) is 13.1. The molecule has 472 valence electrons. The molecule has 0 bridgehead atoms. The first kappa shape index (κ1) is 70.4. The van der Waals surface area contributed by atoms with Crippen LogP contribution in [-0.4, -0.2) is 166 Å². The average Bonchev–Trinajstić information content (AvgIpc) is 2.45. The minimum Gasteiger partial charge on any atom is -0.480 e. The highest BCUT2D eigenvalue weighted by Gasteiger charge is 2.45. The monoisotopic (exact) mass is 1220 g/mol. The standard InChI is InChI=1S/C31H39F3N6O5.C27H31F3N6O5.CH4/c1-7-16-40(27(42)31(32,33)34)24-20-35-28(38(8-2)9-3)37-25(24)36-23(26(41)45-30(4,5)6)19-21-12-14-22(15-13-21)44-29(43)39-17-10-11-18-39;1-4-13-36(24(39)27(28,29)30)21-17-31-25(34(5-2)6-3)33-22(21)32-20(23(37)38)16-18-9-11-19(12-10-18)41-26(40)35-14-7-8-15-35;/h1,12-15,20,23H,8-11,16-19H2,2-6H3,(H,35,36,37);1,9-12,17,20H,5-8,13-16H2,2-3H3,(H,37,38)(H,31,32,33);1H4/t23-;20-;/m00./s1. The Kier molecular flexibility index (Phi) is 25.8. The number of aromatic nitrogens is 4. The Labute approximate surface area is 501 Å². The molecule has 2 saturated heterocycles. The molecule has 0 spiro atoms. The van der Waals surface area contributed by atoms with Crippen molar-refractivity contribution in [3.63, 3.8) is 0 Å². The molecule has 2 aromatic carbocycles. The number of amides is 4. The van der Waals surface area contributed by atoms with Crippen LogP contribution in [0.25, 0.3) is 0 Å².